The molecule has 4 rings (SSSR count). The van der Waals surface area contributed by atoms with E-state index in [1.54, 1.807) is 12.3 Å². The molecule has 0 aliphatic carbocycles. The normalized spacial score (nSPS) is 16.9. The monoisotopic (exact) mass is 372 g/mol. The summed E-state index contributed by atoms with van der Waals surface area (Å²) in [5.74, 6) is 1.34. The summed E-state index contributed by atoms with van der Waals surface area (Å²) in [5.41, 5.74) is 0.886. The molecule has 8 heteroatoms. The Labute approximate surface area is 154 Å². The Morgan fingerprint density at radius 1 is 1.42 bits per heavy atom. The van der Waals surface area contributed by atoms with Gasteiger partial charge in [-0.1, -0.05) is 0 Å². The first-order valence-corrected chi connectivity index (χ1v) is 9.44. The molecule has 26 heavy (non-hydrogen) atoms. The van der Waals surface area contributed by atoms with E-state index >= 15 is 0 Å². The van der Waals surface area contributed by atoms with Gasteiger partial charge in [0.25, 0.3) is 5.91 Å². The van der Waals surface area contributed by atoms with Crippen LogP contribution >= 0.6 is 11.3 Å². The molecule has 4 heterocycles. The van der Waals surface area contributed by atoms with E-state index in [9.17, 15) is 4.79 Å². The maximum absolute atomic E-state index is 12.6. The molecular formula is C18H20N4O3S. The largest absolute Gasteiger partial charge is 0.467 e. The minimum absolute atomic E-state index is 0.132. The van der Waals surface area contributed by atoms with Gasteiger partial charge in [0.2, 0.25) is 0 Å². The lowest BCUT2D eigenvalue weighted by Crippen LogP contribution is -2.22. The fourth-order valence-corrected chi connectivity index (χ4v) is 4.16. The number of carbonyl (C=O) groups excluding carboxylic acids is 1. The van der Waals surface area contributed by atoms with Crippen LogP contribution in [0.15, 0.2) is 29.1 Å². The minimum Gasteiger partial charge on any atom is -0.467 e. The van der Waals surface area contributed by atoms with E-state index in [-0.39, 0.29) is 12.0 Å². The quantitative estimate of drug-likeness (QED) is 0.691. The fourth-order valence-electron chi connectivity index (χ4n) is 3.10. The van der Waals surface area contributed by atoms with E-state index in [0.29, 0.717) is 18.0 Å². The average Bonchev–Trinajstić information content (AvgIpc) is 3.40. The maximum Gasteiger partial charge on any atom is 0.262 e. The highest BCUT2D eigenvalue weighted by Crippen LogP contribution is 2.33. The zero-order valence-electron chi connectivity index (χ0n) is 14.4. The van der Waals surface area contributed by atoms with Gasteiger partial charge in [0.15, 0.2) is 0 Å². The van der Waals surface area contributed by atoms with Crippen molar-refractivity contribution in [3.8, 4) is 0 Å². The molecule has 0 radical (unpaired) electrons. The van der Waals surface area contributed by atoms with Crippen LogP contribution in [0.2, 0.25) is 0 Å². The highest BCUT2D eigenvalue weighted by atomic mass is 32.1. The molecule has 1 amide bonds. The number of carbonyl (C=O) groups is 1. The Bertz CT molecular complexity index is 901. The predicted molar refractivity (Wildman–Crippen MR) is 99.5 cm³/mol. The van der Waals surface area contributed by atoms with Crippen LogP contribution in [0, 0.1) is 6.92 Å². The summed E-state index contributed by atoms with van der Waals surface area (Å²) in [6.45, 7) is 3.82. The Kier molecular flexibility index (Phi) is 4.85. The van der Waals surface area contributed by atoms with Gasteiger partial charge >= 0.3 is 0 Å². The number of nitrogens with one attached hydrogen (secondary N) is 2. The Morgan fingerprint density at radius 3 is 3.12 bits per heavy atom. The number of nitrogens with zero attached hydrogens (tertiary/aromatic N) is 2. The highest BCUT2D eigenvalue weighted by Gasteiger charge is 2.21. The van der Waals surface area contributed by atoms with Gasteiger partial charge in [0, 0.05) is 13.2 Å². The number of hydrogen-bond donors (Lipinski definition) is 2. The van der Waals surface area contributed by atoms with Crippen molar-refractivity contribution < 1.29 is 13.9 Å². The lowest BCUT2D eigenvalue weighted by molar-refractivity contribution is 0.0951. The van der Waals surface area contributed by atoms with E-state index in [1.807, 2.05) is 13.0 Å². The molecule has 3 aromatic rings. The molecule has 0 spiro atoms. The smallest absolute Gasteiger partial charge is 0.262 e. The third-order valence-corrected chi connectivity index (χ3v) is 5.66. The van der Waals surface area contributed by atoms with Gasteiger partial charge in [-0.25, -0.2) is 9.97 Å². The standard InChI is InChI=1S/C18H20N4O3S/c1-11-14-16(19-8-12-4-2-6-24-12)21-10-22-18(14)26-15(11)17(23)20-9-13-5-3-7-25-13/h3,5,7,10,12H,2,4,6,8-9H2,1H3,(H,20,23)(H,19,21,22)/t12-/m0/s1. The number of aryl methyl sites for hydroxylation is 1. The molecular weight excluding hydrogens is 352 g/mol. The van der Waals surface area contributed by atoms with Crippen molar-refractivity contribution in [2.75, 3.05) is 18.5 Å². The summed E-state index contributed by atoms with van der Waals surface area (Å²) in [7, 11) is 0. The first-order valence-electron chi connectivity index (χ1n) is 8.62. The van der Waals surface area contributed by atoms with Crippen LogP contribution in [-0.2, 0) is 11.3 Å². The van der Waals surface area contributed by atoms with Crippen molar-refractivity contribution in [1.29, 1.82) is 0 Å². The number of amides is 1. The van der Waals surface area contributed by atoms with Crippen molar-refractivity contribution >= 4 is 33.3 Å². The Hall–Kier alpha value is -2.45. The van der Waals surface area contributed by atoms with Gasteiger partial charge < -0.3 is 19.8 Å². The first-order chi connectivity index (χ1) is 12.7. The number of fused-ring (bicyclic) bond motifs is 1. The van der Waals surface area contributed by atoms with Gasteiger partial charge in [-0.15, -0.1) is 11.3 Å². The third-order valence-electron chi connectivity index (χ3n) is 4.46. The van der Waals surface area contributed by atoms with Crippen LogP contribution in [0.3, 0.4) is 0 Å². The maximum atomic E-state index is 12.6. The molecule has 136 valence electrons. The molecule has 1 atom stereocenters. The van der Waals surface area contributed by atoms with E-state index in [4.69, 9.17) is 9.15 Å². The van der Waals surface area contributed by atoms with Crippen LogP contribution in [0.4, 0.5) is 5.82 Å². The van der Waals surface area contributed by atoms with Crippen LogP contribution < -0.4 is 10.6 Å². The molecule has 0 unspecified atom stereocenters. The van der Waals surface area contributed by atoms with E-state index < -0.39 is 0 Å². The minimum atomic E-state index is -0.132. The second-order valence-corrected chi connectivity index (χ2v) is 7.24. The lowest BCUT2D eigenvalue weighted by Gasteiger charge is -2.12. The molecule has 7 nitrogen and oxygen atoms in total. The fraction of sp³-hybridized carbons (Fsp3) is 0.389. The molecule has 2 N–H and O–H groups in total. The SMILES string of the molecule is Cc1c(C(=O)NCc2ccco2)sc2ncnc(NC[C@@H]3CCCO3)c12. The predicted octanol–water partition coefficient (Wildman–Crippen LogP) is 3.11. The molecule has 3 aromatic heterocycles. The average molecular weight is 372 g/mol. The van der Waals surface area contributed by atoms with Crippen LogP contribution in [0.25, 0.3) is 10.2 Å². The van der Waals surface area contributed by atoms with Gasteiger partial charge in [-0.2, -0.15) is 0 Å². The molecule has 1 aliphatic rings. The van der Waals surface area contributed by atoms with Gasteiger partial charge in [0.05, 0.1) is 29.2 Å². The summed E-state index contributed by atoms with van der Waals surface area (Å²) in [4.78, 5) is 22.7. The van der Waals surface area contributed by atoms with Gasteiger partial charge in [-0.3, -0.25) is 4.79 Å². The highest BCUT2D eigenvalue weighted by molar-refractivity contribution is 7.20. The van der Waals surface area contributed by atoms with Gasteiger partial charge in [-0.05, 0) is 37.5 Å². The zero-order valence-corrected chi connectivity index (χ0v) is 15.3. The van der Waals surface area contributed by atoms with Crippen LogP contribution in [0.1, 0.15) is 33.8 Å². The summed E-state index contributed by atoms with van der Waals surface area (Å²) in [6, 6.07) is 3.63. The summed E-state index contributed by atoms with van der Waals surface area (Å²) < 4.78 is 10.9. The van der Waals surface area contributed by atoms with Crippen molar-refractivity contribution in [2.24, 2.45) is 0 Å². The van der Waals surface area contributed by atoms with Crippen molar-refractivity contribution in [1.82, 2.24) is 15.3 Å². The number of hydrogen-bond acceptors (Lipinski definition) is 7. The van der Waals surface area contributed by atoms with Crippen molar-refractivity contribution in [3.63, 3.8) is 0 Å². The van der Waals surface area contributed by atoms with Crippen molar-refractivity contribution in [2.45, 2.75) is 32.4 Å². The zero-order chi connectivity index (χ0) is 17.9. The second-order valence-electron chi connectivity index (χ2n) is 6.24. The van der Waals surface area contributed by atoms with E-state index in [2.05, 4.69) is 20.6 Å². The lowest BCUT2D eigenvalue weighted by atomic mass is 10.2. The van der Waals surface area contributed by atoms with Crippen molar-refractivity contribution in [3.05, 3.63) is 40.9 Å². The number of anilines is 1. The van der Waals surface area contributed by atoms with Crippen LogP contribution in [-0.4, -0.2) is 35.1 Å². The van der Waals surface area contributed by atoms with Crippen LogP contribution in [0.5, 0.6) is 0 Å². The second kappa shape index (κ2) is 7.43. The number of ether oxygens (including phenoxy) is 1. The summed E-state index contributed by atoms with van der Waals surface area (Å²) in [6.07, 6.45) is 5.50. The van der Waals surface area contributed by atoms with Gasteiger partial charge in [0.1, 0.15) is 22.7 Å². The topological polar surface area (TPSA) is 89.3 Å². The third kappa shape index (κ3) is 3.42. The Balaban J connectivity index is 1.53. The first kappa shape index (κ1) is 17.0. The molecule has 1 fully saturated rings. The molecule has 1 aliphatic heterocycles. The van der Waals surface area contributed by atoms with E-state index in [0.717, 1.165) is 46.8 Å². The molecule has 0 aromatic carbocycles. The molecule has 0 saturated carbocycles. The number of furan rings is 1. The molecule has 0 bridgehead atoms. The van der Waals surface area contributed by atoms with E-state index in [1.165, 1.54) is 17.7 Å². The number of aromatic nitrogens is 2. The molecule has 1 saturated heterocycles. The summed E-state index contributed by atoms with van der Waals surface area (Å²) >= 11 is 1.38. The number of rotatable bonds is 6. The number of thiophene rings is 1. The Morgan fingerprint density at radius 2 is 2.35 bits per heavy atom. The summed E-state index contributed by atoms with van der Waals surface area (Å²) in [5, 5.41) is 7.15.